The van der Waals surface area contributed by atoms with Crippen LogP contribution in [0, 0.1) is 0 Å². The molecule has 0 saturated carbocycles. The summed E-state index contributed by atoms with van der Waals surface area (Å²) in [5.74, 6) is 0. The average Bonchev–Trinajstić information content (AvgIpc) is 2.88. The summed E-state index contributed by atoms with van der Waals surface area (Å²) in [6.45, 7) is 6.44. The number of piperidine rings is 1. The summed E-state index contributed by atoms with van der Waals surface area (Å²) >= 11 is 0. The van der Waals surface area contributed by atoms with Gasteiger partial charge in [0.05, 0.1) is 19.3 Å². The van der Waals surface area contributed by atoms with Gasteiger partial charge in [0.15, 0.2) is 0 Å². The Morgan fingerprint density at radius 2 is 2.05 bits per heavy atom. The molecule has 19 heavy (non-hydrogen) atoms. The van der Waals surface area contributed by atoms with Gasteiger partial charge in [-0.3, -0.25) is 4.68 Å². The van der Waals surface area contributed by atoms with E-state index in [0.717, 1.165) is 13.1 Å². The molecule has 1 aliphatic heterocycles. The van der Waals surface area contributed by atoms with Crippen molar-refractivity contribution in [1.29, 1.82) is 0 Å². The molecule has 0 radical (unpaired) electrons. The summed E-state index contributed by atoms with van der Waals surface area (Å²) in [4.78, 5) is 2.57. The van der Waals surface area contributed by atoms with Crippen molar-refractivity contribution in [2.75, 3.05) is 32.8 Å². The first-order chi connectivity index (χ1) is 9.38. The van der Waals surface area contributed by atoms with Crippen molar-refractivity contribution >= 4 is 0 Å². The lowest BCUT2D eigenvalue weighted by Crippen LogP contribution is -2.32. The fourth-order valence-electron chi connectivity index (χ4n) is 2.57. The number of hydrogen-bond donors (Lipinski definition) is 2. The second-order valence-electron chi connectivity index (χ2n) is 5.27. The molecule has 0 amide bonds. The molecule has 2 rings (SSSR count). The van der Waals surface area contributed by atoms with E-state index in [1.807, 2.05) is 12.4 Å². The SMILES string of the molecule is OCCn1cc(CNCCCN2CCCCC2)cn1. The van der Waals surface area contributed by atoms with Gasteiger partial charge in [-0.05, 0) is 45.4 Å². The van der Waals surface area contributed by atoms with Crippen LogP contribution in [0.4, 0.5) is 0 Å². The minimum Gasteiger partial charge on any atom is -0.394 e. The Balaban J connectivity index is 1.53. The lowest BCUT2D eigenvalue weighted by atomic mass is 10.1. The fourth-order valence-corrected chi connectivity index (χ4v) is 2.57. The third kappa shape index (κ3) is 5.30. The van der Waals surface area contributed by atoms with Crippen LogP contribution >= 0.6 is 0 Å². The Morgan fingerprint density at radius 3 is 2.84 bits per heavy atom. The van der Waals surface area contributed by atoms with Gasteiger partial charge in [-0.2, -0.15) is 5.10 Å². The third-order valence-corrected chi connectivity index (χ3v) is 3.62. The summed E-state index contributed by atoms with van der Waals surface area (Å²) in [6, 6.07) is 0. The molecule has 1 aromatic heterocycles. The predicted molar refractivity (Wildman–Crippen MR) is 75.9 cm³/mol. The highest BCUT2D eigenvalue weighted by atomic mass is 16.3. The zero-order valence-corrected chi connectivity index (χ0v) is 11.7. The molecule has 0 bridgehead atoms. The predicted octanol–water partition coefficient (Wildman–Crippen LogP) is 0.841. The second-order valence-corrected chi connectivity index (χ2v) is 5.27. The Morgan fingerprint density at radius 1 is 1.21 bits per heavy atom. The minimum absolute atomic E-state index is 0.143. The number of rotatable bonds is 8. The number of aliphatic hydroxyl groups excluding tert-OH is 1. The van der Waals surface area contributed by atoms with E-state index >= 15 is 0 Å². The number of hydrogen-bond acceptors (Lipinski definition) is 4. The van der Waals surface area contributed by atoms with Crippen molar-refractivity contribution in [2.45, 2.75) is 38.8 Å². The maximum Gasteiger partial charge on any atom is 0.0640 e. The van der Waals surface area contributed by atoms with E-state index in [-0.39, 0.29) is 6.61 Å². The summed E-state index contributed by atoms with van der Waals surface area (Å²) in [6.07, 6.45) is 9.23. The minimum atomic E-state index is 0.143. The van der Waals surface area contributed by atoms with E-state index in [2.05, 4.69) is 15.3 Å². The number of aliphatic hydroxyl groups is 1. The molecule has 0 aliphatic carbocycles. The van der Waals surface area contributed by atoms with Gasteiger partial charge in [-0.1, -0.05) is 6.42 Å². The summed E-state index contributed by atoms with van der Waals surface area (Å²) in [5.41, 5.74) is 1.19. The van der Waals surface area contributed by atoms with Crippen LogP contribution < -0.4 is 5.32 Å². The molecular formula is C14H26N4O. The standard InChI is InChI=1S/C14H26N4O/c19-10-9-18-13-14(12-16-18)11-15-5-4-8-17-6-2-1-3-7-17/h12-13,15,19H,1-11H2. The van der Waals surface area contributed by atoms with Crippen molar-refractivity contribution < 1.29 is 5.11 Å². The highest BCUT2D eigenvalue weighted by molar-refractivity contribution is 5.03. The van der Waals surface area contributed by atoms with Crippen LogP contribution in [0.15, 0.2) is 12.4 Å². The van der Waals surface area contributed by atoms with Gasteiger partial charge in [-0.25, -0.2) is 0 Å². The Labute approximate surface area is 115 Å². The first-order valence-corrected chi connectivity index (χ1v) is 7.44. The van der Waals surface area contributed by atoms with Crippen LogP contribution in [0.1, 0.15) is 31.2 Å². The van der Waals surface area contributed by atoms with Crippen LogP contribution in [0.25, 0.3) is 0 Å². The summed E-state index contributed by atoms with van der Waals surface area (Å²) < 4.78 is 1.78. The van der Waals surface area contributed by atoms with E-state index in [1.54, 1.807) is 4.68 Å². The molecule has 1 aromatic rings. The van der Waals surface area contributed by atoms with Crippen LogP contribution in [0.5, 0.6) is 0 Å². The maximum absolute atomic E-state index is 8.82. The first kappa shape index (κ1) is 14.5. The molecule has 1 fully saturated rings. The molecule has 108 valence electrons. The molecule has 5 nitrogen and oxygen atoms in total. The molecule has 1 aliphatic rings. The first-order valence-electron chi connectivity index (χ1n) is 7.44. The second kappa shape index (κ2) is 8.30. The maximum atomic E-state index is 8.82. The van der Waals surface area contributed by atoms with E-state index < -0.39 is 0 Å². The van der Waals surface area contributed by atoms with Gasteiger partial charge in [0, 0.05) is 18.3 Å². The number of nitrogens with one attached hydrogen (secondary N) is 1. The Bertz CT molecular complexity index is 347. The number of likely N-dealkylation sites (tertiary alicyclic amines) is 1. The largest absolute Gasteiger partial charge is 0.394 e. The van der Waals surface area contributed by atoms with E-state index in [0.29, 0.717) is 6.54 Å². The molecule has 5 heteroatoms. The quantitative estimate of drug-likeness (QED) is 0.685. The molecule has 0 unspecified atom stereocenters. The van der Waals surface area contributed by atoms with E-state index in [9.17, 15) is 0 Å². The van der Waals surface area contributed by atoms with Crippen LogP contribution in [-0.4, -0.2) is 52.6 Å². The zero-order valence-electron chi connectivity index (χ0n) is 11.7. The van der Waals surface area contributed by atoms with Gasteiger partial charge in [0.2, 0.25) is 0 Å². The average molecular weight is 266 g/mol. The number of nitrogens with zero attached hydrogens (tertiary/aromatic N) is 3. The Kier molecular flexibility index (Phi) is 6.33. The van der Waals surface area contributed by atoms with Gasteiger partial charge < -0.3 is 15.3 Å². The van der Waals surface area contributed by atoms with Crippen molar-refractivity contribution in [3.05, 3.63) is 18.0 Å². The summed E-state index contributed by atoms with van der Waals surface area (Å²) in [5, 5.41) is 16.5. The topological polar surface area (TPSA) is 53.3 Å². The molecule has 2 heterocycles. The molecule has 0 aromatic carbocycles. The highest BCUT2D eigenvalue weighted by Gasteiger charge is 2.08. The normalized spacial score (nSPS) is 16.9. The van der Waals surface area contributed by atoms with E-state index in [1.165, 1.54) is 50.9 Å². The van der Waals surface area contributed by atoms with Crippen LogP contribution in [0.3, 0.4) is 0 Å². The molecular weight excluding hydrogens is 240 g/mol. The monoisotopic (exact) mass is 266 g/mol. The molecule has 0 spiro atoms. The molecule has 2 N–H and O–H groups in total. The smallest absolute Gasteiger partial charge is 0.0640 e. The van der Waals surface area contributed by atoms with Crippen molar-refractivity contribution in [3.63, 3.8) is 0 Å². The van der Waals surface area contributed by atoms with Crippen LogP contribution in [-0.2, 0) is 13.1 Å². The third-order valence-electron chi connectivity index (χ3n) is 3.62. The van der Waals surface area contributed by atoms with Gasteiger partial charge in [0.25, 0.3) is 0 Å². The number of aromatic nitrogens is 2. The van der Waals surface area contributed by atoms with Crippen LogP contribution in [0.2, 0.25) is 0 Å². The van der Waals surface area contributed by atoms with Crippen molar-refractivity contribution in [1.82, 2.24) is 20.0 Å². The lowest BCUT2D eigenvalue weighted by molar-refractivity contribution is 0.225. The highest BCUT2D eigenvalue weighted by Crippen LogP contribution is 2.08. The van der Waals surface area contributed by atoms with Crippen molar-refractivity contribution in [3.8, 4) is 0 Å². The molecule has 0 atom stereocenters. The van der Waals surface area contributed by atoms with Gasteiger partial charge in [-0.15, -0.1) is 0 Å². The Hall–Kier alpha value is -0.910. The molecule has 1 saturated heterocycles. The summed E-state index contributed by atoms with van der Waals surface area (Å²) in [7, 11) is 0. The van der Waals surface area contributed by atoms with Gasteiger partial charge >= 0.3 is 0 Å². The van der Waals surface area contributed by atoms with E-state index in [4.69, 9.17) is 5.11 Å². The zero-order chi connectivity index (χ0) is 13.3. The lowest BCUT2D eigenvalue weighted by Gasteiger charge is -2.26. The van der Waals surface area contributed by atoms with Gasteiger partial charge in [0.1, 0.15) is 0 Å². The van der Waals surface area contributed by atoms with Crippen molar-refractivity contribution in [2.24, 2.45) is 0 Å². The fraction of sp³-hybridized carbons (Fsp3) is 0.786.